The number of fused-ring (bicyclic) bond motifs is 1. The zero-order valence-electron chi connectivity index (χ0n) is 15.4. The third-order valence-electron chi connectivity index (χ3n) is 5.13. The molecule has 5 rings (SSSR count). The van der Waals surface area contributed by atoms with Crippen molar-refractivity contribution in [1.82, 2.24) is 9.97 Å². The minimum atomic E-state index is -0.296. The number of H-pyrrole nitrogens is 1. The van der Waals surface area contributed by atoms with Crippen LogP contribution in [0, 0.1) is 4.77 Å². The van der Waals surface area contributed by atoms with E-state index in [9.17, 15) is 4.79 Å². The Morgan fingerprint density at radius 1 is 0.828 bits per heavy atom. The van der Waals surface area contributed by atoms with Gasteiger partial charge in [-0.1, -0.05) is 78.9 Å². The Morgan fingerprint density at radius 3 is 2.07 bits per heavy atom. The fourth-order valence-corrected chi connectivity index (χ4v) is 4.10. The van der Waals surface area contributed by atoms with Gasteiger partial charge in [0.25, 0.3) is 5.91 Å². The van der Waals surface area contributed by atoms with Gasteiger partial charge in [-0.2, -0.15) is 0 Å². The first-order valence-electron chi connectivity index (χ1n) is 9.37. The van der Waals surface area contributed by atoms with E-state index < -0.39 is 0 Å². The molecule has 140 valence electrons. The lowest BCUT2D eigenvalue weighted by Crippen LogP contribution is -2.28. The second kappa shape index (κ2) is 7.11. The Hall–Kier alpha value is -3.57. The summed E-state index contributed by atoms with van der Waals surface area (Å²) in [5.41, 5.74) is 4.89. The van der Waals surface area contributed by atoms with Crippen LogP contribution in [0.4, 0.5) is 5.69 Å². The van der Waals surface area contributed by atoms with E-state index >= 15 is 0 Å². The van der Waals surface area contributed by atoms with Crippen LogP contribution in [-0.4, -0.2) is 15.9 Å². The molecule has 1 aliphatic rings. The molecule has 4 aromatic rings. The van der Waals surface area contributed by atoms with Gasteiger partial charge in [-0.15, -0.1) is 0 Å². The summed E-state index contributed by atoms with van der Waals surface area (Å²) >= 11 is 5.37. The van der Waals surface area contributed by atoms with Crippen LogP contribution < -0.4 is 4.90 Å². The number of aromatic nitrogens is 2. The maximum atomic E-state index is 13.5. The summed E-state index contributed by atoms with van der Waals surface area (Å²) in [6, 6.07) is 29.3. The zero-order valence-corrected chi connectivity index (χ0v) is 16.3. The lowest BCUT2D eigenvalue weighted by Gasteiger charge is -2.26. The number of benzene rings is 3. The lowest BCUT2D eigenvalue weighted by atomic mass is 9.95. The fourth-order valence-electron chi connectivity index (χ4n) is 3.91. The number of aromatic amines is 1. The highest BCUT2D eigenvalue weighted by Gasteiger charge is 2.42. The Bertz CT molecular complexity index is 1240. The summed E-state index contributed by atoms with van der Waals surface area (Å²) < 4.78 is 0.303. The highest BCUT2D eigenvalue weighted by molar-refractivity contribution is 7.71. The van der Waals surface area contributed by atoms with Crippen LogP contribution in [-0.2, 0) is 0 Å². The minimum absolute atomic E-state index is 0.106. The molecular formula is C24H17N3OS. The van der Waals surface area contributed by atoms with Crippen molar-refractivity contribution in [3.05, 3.63) is 113 Å². The number of nitrogens with zero attached hydrogens (tertiary/aromatic N) is 2. The van der Waals surface area contributed by atoms with Crippen LogP contribution in [0.1, 0.15) is 27.7 Å². The Labute approximate surface area is 173 Å². The van der Waals surface area contributed by atoms with Crippen molar-refractivity contribution in [2.24, 2.45) is 0 Å². The largest absolute Gasteiger partial charge is 0.326 e. The van der Waals surface area contributed by atoms with Crippen LogP contribution in [0.3, 0.4) is 0 Å². The number of hydrogen-bond acceptors (Lipinski definition) is 3. The van der Waals surface area contributed by atoms with Crippen LogP contribution in [0.25, 0.3) is 11.3 Å². The third kappa shape index (κ3) is 2.96. The first kappa shape index (κ1) is 17.5. The number of hydrogen-bond donors (Lipinski definition) is 1. The SMILES string of the molecule is O=C1c2[nH]c(=S)nc(-c3ccccc3)c2C(c2ccccc2)N1c1ccccc1. The van der Waals surface area contributed by atoms with Crippen LogP contribution in [0.2, 0.25) is 0 Å². The van der Waals surface area contributed by atoms with Gasteiger partial charge in [0.05, 0.1) is 11.7 Å². The maximum Gasteiger partial charge on any atom is 0.276 e. The second-order valence-corrected chi connectivity index (χ2v) is 7.26. The molecule has 0 aliphatic carbocycles. The number of carbonyl (C=O) groups is 1. The first-order chi connectivity index (χ1) is 14.2. The first-order valence-corrected chi connectivity index (χ1v) is 9.78. The van der Waals surface area contributed by atoms with Crippen molar-refractivity contribution in [2.45, 2.75) is 6.04 Å². The van der Waals surface area contributed by atoms with Crippen molar-refractivity contribution in [1.29, 1.82) is 0 Å². The van der Waals surface area contributed by atoms with Gasteiger partial charge in [0.1, 0.15) is 5.69 Å². The number of para-hydroxylation sites is 1. The van der Waals surface area contributed by atoms with Crippen LogP contribution in [0.15, 0.2) is 91.0 Å². The van der Waals surface area contributed by atoms with E-state index in [1.54, 1.807) is 0 Å². The minimum Gasteiger partial charge on any atom is -0.326 e. The lowest BCUT2D eigenvalue weighted by molar-refractivity contribution is 0.0989. The number of carbonyl (C=O) groups excluding carboxylic acids is 1. The molecular weight excluding hydrogens is 378 g/mol. The molecule has 1 aromatic heterocycles. The van der Waals surface area contributed by atoms with Gasteiger partial charge in [0.2, 0.25) is 0 Å². The standard InChI is InChI=1S/C24H17N3OS/c28-23-21-19(20(25-24(29)26-21)16-10-4-1-5-11-16)22(17-12-6-2-7-13-17)27(23)18-14-8-3-9-15-18/h1-15,22H,(H,25,26,29). The molecule has 2 heterocycles. The third-order valence-corrected chi connectivity index (χ3v) is 5.32. The van der Waals surface area contributed by atoms with Gasteiger partial charge in [-0.05, 0) is 29.9 Å². The number of amides is 1. The summed E-state index contributed by atoms with van der Waals surface area (Å²) in [6.45, 7) is 0. The van der Waals surface area contributed by atoms with E-state index in [0.717, 1.165) is 28.1 Å². The molecule has 0 saturated carbocycles. The molecule has 0 spiro atoms. The number of rotatable bonds is 3. The molecule has 0 bridgehead atoms. The van der Waals surface area contributed by atoms with Crippen molar-refractivity contribution in [2.75, 3.05) is 4.90 Å². The molecule has 1 unspecified atom stereocenters. The van der Waals surface area contributed by atoms with Crippen molar-refractivity contribution in [3.63, 3.8) is 0 Å². The average Bonchev–Trinajstić information content (AvgIpc) is 3.07. The van der Waals surface area contributed by atoms with Gasteiger partial charge in [-0.3, -0.25) is 9.69 Å². The van der Waals surface area contributed by atoms with Crippen LogP contribution >= 0.6 is 12.2 Å². The highest BCUT2D eigenvalue weighted by Crippen LogP contribution is 2.44. The average molecular weight is 395 g/mol. The molecule has 0 saturated heterocycles. The topological polar surface area (TPSA) is 49.0 Å². The van der Waals surface area contributed by atoms with E-state index in [4.69, 9.17) is 12.2 Å². The molecule has 1 amide bonds. The molecule has 4 nitrogen and oxygen atoms in total. The Balaban J connectivity index is 1.82. The summed E-state index contributed by atoms with van der Waals surface area (Å²) in [6.07, 6.45) is 0. The predicted octanol–water partition coefficient (Wildman–Crippen LogP) is 5.56. The summed E-state index contributed by atoms with van der Waals surface area (Å²) in [4.78, 5) is 23.0. The quantitative estimate of drug-likeness (QED) is 0.462. The Kier molecular flexibility index (Phi) is 4.30. The maximum absolute atomic E-state index is 13.5. The molecule has 5 heteroatoms. The van der Waals surface area contributed by atoms with Gasteiger partial charge < -0.3 is 4.98 Å². The van der Waals surface area contributed by atoms with Crippen molar-refractivity contribution < 1.29 is 4.79 Å². The summed E-state index contributed by atoms with van der Waals surface area (Å²) in [7, 11) is 0. The monoisotopic (exact) mass is 395 g/mol. The normalized spacial score (nSPS) is 15.4. The summed E-state index contributed by atoms with van der Waals surface area (Å²) in [5, 5.41) is 0. The molecule has 0 fully saturated rings. The second-order valence-electron chi connectivity index (χ2n) is 6.87. The van der Waals surface area contributed by atoms with E-state index in [2.05, 4.69) is 9.97 Å². The van der Waals surface area contributed by atoms with Gasteiger partial charge in [0, 0.05) is 16.8 Å². The van der Waals surface area contributed by atoms with Gasteiger partial charge >= 0.3 is 0 Å². The Morgan fingerprint density at radius 2 is 1.41 bits per heavy atom. The van der Waals surface area contributed by atoms with E-state index in [-0.39, 0.29) is 11.9 Å². The van der Waals surface area contributed by atoms with E-state index in [0.29, 0.717) is 10.5 Å². The smallest absolute Gasteiger partial charge is 0.276 e. The van der Waals surface area contributed by atoms with Gasteiger partial charge in [-0.25, -0.2) is 4.98 Å². The molecule has 3 aromatic carbocycles. The molecule has 1 N–H and O–H groups in total. The summed E-state index contributed by atoms with van der Waals surface area (Å²) in [5.74, 6) is -0.106. The van der Waals surface area contributed by atoms with Crippen molar-refractivity contribution >= 4 is 23.8 Å². The molecule has 29 heavy (non-hydrogen) atoms. The molecule has 1 aliphatic heterocycles. The predicted molar refractivity (Wildman–Crippen MR) is 116 cm³/mol. The fraction of sp³-hybridized carbons (Fsp3) is 0.0417. The zero-order chi connectivity index (χ0) is 19.8. The molecule has 0 radical (unpaired) electrons. The van der Waals surface area contributed by atoms with Crippen molar-refractivity contribution in [3.8, 4) is 11.3 Å². The highest BCUT2D eigenvalue weighted by atomic mass is 32.1. The number of nitrogens with one attached hydrogen (secondary N) is 1. The van der Waals surface area contributed by atoms with Gasteiger partial charge in [0.15, 0.2) is 4.77 Å². The number of anilines is 1. The molecule has 1 atom stereocenters. The van der Waals surface area contributed by atoms with E-state index in [1.807, 2.05) is 95.9 Å². The van der Waals surface area contributed by atoms with Crippen LogP contribution in [0.5, 0.6) is 0 Å². The van der Waals surface area contributed by atoms with E-state index in [1.165, 1.54) is 0 Å².